The number of anilines is 1. The molecule has 2 aromatic rings. The fraction of sp³-hybridized carbons (Fsp3) is 0.375. The maximum atomic E-state index is 5.51. The lowest BCUT2D eigenvalue weighted by Gasteiger charge is -2.18. The van der Waals surface area contributed by atoms with Gasteiger partial charge in [-0.25, -0.2) is 0 Å². The molecular weight excluding hydrogens is 238 g/mol. The smallest absolute Gasteiger partial charge is 0.174 e. The molecule has 1 N–H and O–H groups in total. The van der Waals surface area contributed by atoms with E-state index in [-0.39, 0.29) is 6.29 Å². The van der Waals surface area contributed by atoms with Crippen molar-refractivity contribution in [1.82, 2.24) is 0 Å². The highest BCUT2D eigenvalue weighted by Gasteiger charge is 2.07. The number of ether oxygens (including phenoxy) is 2. The maximum absolute atomic E-state index is 5.51. The summed E-state index contributed by atoms with van der Waals surface area (Å²) in [5.41, 5.74) is 1.09. The van der Waals surface area contributed by atoms with Crippen molar-refractivity contribution in [2.45, 2.75) is 20.1 Å². The van der Waals surface area contributed by atoms with Crippen molar-refractivity contribution in [2.75, 3.05) is 25.1 Å². The molecular formula is C16H21NO2. The Bertz CT molecular complexity index is 507. The Morgan fingerprint density at radius 3 is 2.32 bits per heavy atom. The zero-order valence-electron chi connectivity index (χ0n) is 11.6. The van der Waals surface area contributed by atoms with Crippen LogP contribution >= 0.6 is 0 Å². The Hall–Kier alpha value is -1.58. The summed E-state index contributed by atoms with van der Waals surface area (Å²) in [5, 5.41) is 5.84. The van der Waals surface area contributed by atoms with E-state index in [0.717, 1.165) is 5.69 Å². The number of benzene rings is 2. The molecule has 0 aliphatic rings. The average molecular weight is 259 g/mol. The van der Waals surface area contributed by atoms with Crippen LogP contribution in [-0.4, -0.2) is 26.0 Å². The molecule has 0 aliphatic heterocycles. The molecule has 2 rings (SSSR count). The van der Waals surface area contributed by atoms with Crippen LogP contribution < -0.4 is 5.32 Å². The number of hydrogen-bond donors (Lipinski definition) is 1. The van der Waals surface area contributed by atoms with Crippen LogP contribution in [0.15, 0.2) is 42.5 Å². The molecule has 0 unspecified atom stereocenters. The first-order valence-electron chi connectivity index (χ1n) is 6.79. The van der Waals surface area contributed by atoms with Gasteiger partial charge in [-0.05, 0) is 36.8 Å². The van der Waals surface area contributed by atoms with Crippen molar-refractivity contribution in [2.24, 2.45) is 0 Å². The van der Waals surface area contributed by atoms with Crippen LogP contribution in [0.25, 0.3) is 10.8 Å². The molecule has 2 aromatic carbocycles. The van der Waals surface area contributed by atoms with Gasteiger partial charge in [-0.3, -0.25) is 0 Å². The molecule has 0 spiro atoms. The fourth-order valence-corrected chi connectivity index (χ4v) is 2.04. The summed E-state index contributed by atoms with van der Waals surface area (Å²) in [6, 6.07) is 14.7. The van der Waals surface area contributed by atoms with Crippen LogP contribution in [-0.2, 0) is 9.47 Å². The Kier molecular flexibility index (Phi) is 5.19. The molecule has 0 atom stereocenters. The first kappa shape index (κ1) is 13.8. The van der Waals surface area contributed by atoms with E-state index < -0.39 is 0 Å². The third kappa shape index (κ3) is 3.94. The van der Waals surface area contributed by atoms with Gasteiger partial charge in [-0.1, -0.05) is 30.3 Å². The van der Waals surface area contributed by atoms with Gasteiger partial charge in [0.25, 0.3) is 0 Å². The molecule has 0 bridgehead atoms. The molecule has 0 saturated heterocycles. The van der Waals surface area contributed by atoms with Gasteiger partial charge in [-0.2, -0.15) is 0 Å². The lowest BCUT2D eigenvalue weighted by molar-refractivity contribution is -0.126. The van der Waals surface area contributed by atoms with E-state index in [1.807, 2.05) is 13.8 Å². The van der Waals surface area contributed by atoms with Crippen LogP contribution in [0.2, 0.25) is 0 Å². The SMILES string of the molecule is CCOC(CNc1ccc2ccccc2c1)OCC. The summed E-state index contributed by atoms with van der Waals surface area (Å²) in [6.45, 7) is 5.91. The van der Waals surface area contributed by atoms with Crippen LogP contribution in [0, 0.1) is 0 Å². The van der Waals surface area contributed by atoms with Crippen LogP contribution in [0.1, 0.15) is 13.8 Å². The van der Waals surface area contributed by atoms with E-state index in [2.05, 4.69) is 47.8 Å². The van der Waals surface area contributed by atoms with Gasteiger partial charge < -0.3 is 14.8 Å². The molecule has 0 aromatic heterocycles. The summed E-state index contributed by atoms with van der Waals surface area (Å²) in [7, 11) is 0. The molecule has 19 heavy (non-hydrogen) atoms. The van der Waals surface area contributed by atoms with Crippen molar-refractivity contribution < 1.29 is 9.47 Å². The minimum atomic E-state index is -0.193. The average Bonchev–Trinajstić information content (AvgIpc) is 2.45. The van der Waals surface area contributed by atoms with Crippen molar-refractivity contribution in [3.05, 3.63) is 42.5 Å². The summed E-state index contributed by atoms with van der Waals surface area (Å²) >= 11 is 0. The summed E-state index contributed by atoms with van der Waals surface area (Å²) in [6.07, 6.45) is -0.193. The minimum absolute atomic E-state index is 0.193. The second-order valence-electron chi connectivity index (χ2n) is 4.28. The first-order valence-corrected chi connectivity index (χ1v) is 6.79. The first-order chi connectivity index (χ1) is 9.33. The molecule has 0 fully saturated rings. The van der Waals surface area contributed by atoms with E-state index in [9.17, 15) is 0 Å². The lowest BCUT2D eigenvalue weighted by atomic mass is 10.1. The number of rotatable bonds is 7. The third-order valence-electron chi connectivity index (χ3n) is 2.93. The molecule has 3 nitrogen and oxygen atoms in total. The predicted molar refractivity (Wildman–Crippen MR) is 79.5 cm³/mol. The second-order valence-corrected chi connectivity index (χ2v) is 4.28. The lowest BCUT2D eigenvalue weighted by Crippen LogP contribution is -2.26. The topological polar surface area (TPSA) is 30.5 Å². The van der Waals surface area contributed by atoms with Crippen molar-refractivity contribution in [3.8, 4) is 0 Å². The molecule has 0 saturated carbocycles. The van der Waals surface area contributed by atoms with Gasteiger partial charge in [0.15, 0.2) is 6.29 Å². The van der Waals surface area contributed by atoms with E-state index in [1.165, 1.54) is 10.8 Å². The zero-order chi connectivity index (χ0) is 13.5. The van der Waals surface area contributed by atoms with Gasteiger partial charge in [0.1, 0.15) is 0 Å². The molecule has 0 heterocycles. The second kappa shape index (κ2) is 7.12. The maximum Gasteiger partial charge on any atom is 0.174 e. The van der Waals surface area contributed by atoms with E-state index in [0.29, 0.717) is 19.8 Å². The summed E-state index contributed by atoms with van der Waals surface area (Å²) in [5.74, 6) is 0. The van der Waals surface area contributed by atoms with Crippen molar-refractivity contribution >= 4 is 16.5 Å². The molecule has 0 amide bonds. The number of nitrogens with one attached hydrogen (secondary N) is 1. The van der Waals surface area contributed by atoms with Crippen molar-refractivity contribution in [3.63, 3.8) is 0 Å². The van der Waals surface area contributed by atoms with Gasteiger partial charge in [0, 0.05) is 18.9 Å². The Balaban J connectivity index is 2.00. The largest absolute Gasteiger partial charge is 0.380 e. The van der Waals surface area contributed by atoms with Crippen LogP contribution in [0.5, 0.6) is 0 Å². The Morgan fingerprint density at radius 1 is 0.947 bits per heavy atom. The molecule has 102 valence electrons. The van der Waals surface area contributed by atoms with E-state index in [1.54, 1.807) is 0 Å². The van der Waals surface area contributed by atoms with Gasteiger partial charge >= 0.3 is 0 Å². The highest BCUT2D eigenvalue weighted by Crippen LogP contribution is 2.18. The molecule has 0 aliphatic carbocycles. The monoisotopic (exact) mass is 259 g/mol. The summed E-state index contributed by atoms with van der Waals surface area (Å²) < 4.78 is 11.0. The highest BCUT2D eigenvalue weighted by atomic mass is 16.7. The number of fused-ring (bicyclic) bond motifs is 1. The minimum Gasteiger partial charge on any atom is -0.380 e. The van der Waals surface area contributed by atoms with E-state index >= 15 is 0 Å². The van der Waals surface area contributed by atoms with Crippen LogP contribution in [0.4, 0.5) is 5.69 Å². The van der Waals surface area contributed by atoms with Gasteiger partial charge in [0.2, 0.25) is 0 Å². The third-order valence-corrected chi connectivity index (χ3v) is 2.93. The Labute approximate surface area is 114 Å². The van der Waals surface area contributed by atoms with E-state index in [4.69, 9.17) is 9.47 Å². The highest BCUT2D eigenvalue weighted by molar-refractivity contribution is 5.85. The molecule has 3 heteroatoms. The van der Waals surface area contributed by atoms with Crippen LogP contribution in [0.3, 0.4) is 0 Å². The zero-order valence-corrected chi connectivity index (χ0v) is 11.6. The Morgan fingerprint density at radius 2 is 1.63 bits per heavy atom. The fourth-order valence-electron chi connectivity index (χ4n) is 2.04. The standard InChI is InChI=1S/C16H21NO2/c1-3-18-16(19-4-2)12-17-15-10-9-13-7-5-6-8-14(13)11-15/h5-11,16-17H,3-4,12H2,1-2H3. The molecule has 0 radical (unpaired) electrons. The van der Waals surface area contributed by atoms with Gasteiger partial charge in [0.05, 0.1) is 6.54 Å². The van der Waals surface area contributed by atoms with Gasteiger partial charge in [-0.15, -0.1) is 0 Å². The summed E-state index contributed by atoms with van der Waals surface area (Å²) in [4.78, 5) is 0. The predicted octanol–water partition coefficient (Wildman–Crippen LogP) is 3.65. The quantitative estimate of drug-likeness (QED) is 0.770. The van der Waals surface area contributed by atoms with Crippen molar-refractivity contribution in [1.29, 1.82) is 0 Å². The number of hydrogen-bond acceptors (Lipinski definition) is 3. The normalized spacial score (nSPS) is 11.1.